The lowest BCUT2D eigenvalue weighted by Crippen LogP contribution is -2.42. The van der Waals surface area contributed by atoms with E-state index >= 15 is 0 Å². The summed E-state index contributed by atoms with van der Waals surface area (Å²) in [7, 11) is 0. The number of ether oxygens (including phenoxy) is 3. The molecule has 0 radical (unpaired) electrons. The predicted molar refractivity (Wildman–Crippen MR) is 153 cm³/mol. The molecule has 2 aromatic carbocycles. The van der Waals surface area contributed by atoms with Gasteiger partial charge in [0.25, 0.3) is 5.91 Å². The molecule has 39 heavy (non-hydrogen) atoms. The molecule has 8 nitrogen and oxygen atoms in total. The predicted octanol–water partition coefficient (Wildman–Crippen LogP) is 4.05. The topological polar surface area (TPSA) is 68.2 Å². The van der Waals surface area contributed by atoms with E-state index in [0.29, 0.717) is 28.2 Å². The van der Waals surface area contributed by atoms with E-state index in [1.54, 1.807) is 0 Å². The van der Waals surface area contributed by atoms with Crippen LogP contribution >= 0.6 is 23.8 Å². The Labute approximate surface area is 238 Å². The van der Waals surface area contributed by atoms with Gasteiger partial charge in [0.05, 0.1) is 48.1 Å². The van der Waals surface area contributed by atoms with Gasteiger partial charge in [0.1, 0.15) is 12.4 Å². The Morgan fingerprint density at radius 3 is 2.38 bits per heavy atom. The second kappa shape index (κ2) is 11.9. The Hall–Kier alpha value is -2.53. The van der Waals surface area contributed by atoms with E-state index < -0.39 is 0 Å². The number of carbonyl (C=O) groups excluding carboxylic acids is 1. The van der Waals surface area contributed by atoms with E-state index in [1.807, 2.05) is 30.5 Å². The summed E-state index contributed by atoms with van der Waals surface area (Å²) >= 11 is 12.0. The van der Waals surface area contributed by atoms with Gasteiger partial charge in [-0.05, 0) is 35.4 Å². The van der Waals surface area contributed by atoms with Crippen molar-refractivity contribution in [2.45, 2.75) is 19.1 Å². The van der Waals surface area contributed by atoms with Gasteiger partial charge in [-0.2, -0.15) is 0 Å². The third-order valence-electron chi connectivity index (χ3n) is 7.67. The second-order valence-corrected chi connectivity index (χ2v) is 11.2. The smallest absolute Gasteiger partial charge is 0.254 e. The minimum Gasteiger partial charge on any atom is -0.489 e. The molecule has 6 rings (SSSR count). The van der Waals surface area contributed by atoms with Crippen LogP contribution in [0.25, 0.3) is 10.9 Å². The van der Waals surface area contributed by atoms with Gasteiger partial charge in [-0.15, -0.1) is 0 Å². The van der Waals surface area contributed by atoms with Crippen LogP contribution in [0.2, 0.25) is 5.02 Å². The van der Waals surface area contributed by atoms with Crippen molar-refractivity contribution in [3.05, 3.63) is 68.8 Å². The van der Waals surface area contributed by atoms with Crippen LogP contribution in [0.4, 0.5) is 0 Å². The van der Waals surface area contributed by atoms with E-state index in [2.05, 4.69) is 31.8 Å². The summed E-state index contributed by atoms with van der Waals surface area (Å²) in [4.78, 5) is 18.3. The summed E-state index contributed by atoms with van der Waals surface area (Å²) in [6, 6.07) is 11.8. The van der Waals surface area contributed by atoms with Crippen LogP contribution in [0, 0.1) is 4.51 Å². The monoisotopic (exact) mass is 568 g/mol. The average Bonchev–Trinajstić information content (AvgIpc) is 2.96. The summed E-state index contributed by atoms with van der Waals surface area (Å²) in [5.74, 6) is 0.644. The zero-order chi connectivity index (χ0) is 26.8. The minimum absolute atomic E-state index is 0.0570. The number of nitrogens with zero attached hydrogens (tertiary/aromatic N) is 3. The molecule has 0 spiro atoms. The molecule has 4 heterocycles. The lowest BCUT2D eigenvalue weighted by Gasteiger charge is -2.35. The Kier molecular flexibility index (Phi) is 8.15. The van der Waals surface area contributed by atoms with Gasteiger partial charge in [0, 0.05) is 62.4 Å². The largest absolute Gasteiger partial charge is 0.489 e. The van der Waals surface area contributed by atoms with Gasteiger partial charge in [0.2, 0.25) is 0 Å². The van der Waals surface area contributed by atoms with Crippen LogP contribution in [-0.4, -0.2) is 86.0 Å². The summed E-state index contributed by atoms with van der Waals surface area (Å²) < 4.78 is 20.2. The number of halogens is 1. The first-order valence-electron chi connectivity index (χ1n) is 13.5. The molecule has 10 heteroatoms. The fourth-order valence-corrected chi connectivity index (χ4v) is 5.98. The van der Waals surface area contributed by atoms with Crippen molar-refractivity contribution in [3.8, 4) is 5.75 Å². The van der Waals surface area contributed by atoms with Crippen LogP contribution in [0.15, 0.2) is 42.6 Å². The number of carbonyl (C=O) groups is 1. The molecule has 3 aromatic rings. The number of benzene rings is 2. The number of rotatable bonds is 7. The SMILES string of the molecule is O=C(NCc1ccc(Cl)cc1)c1cn2c3c(cc(CN4CCOCC4)cc3c1=S)OCC2CN1CCOCC1. The van der Waals surface area contributed by atoms with E-state index in [1.165, 1.54) is 0 Å². The highest BCUT2D eigenvalue weighted by Crippen LogP contribution is 2.36. The summed E-state index contributed by atoms with van der Waals surface area (Å²) in [6.45, 7) is 9.05. The molecular weight excluding hydrogens is 536 g/mol. The van der Waals surface area contributed by atoms with Crippen LogP contribution in [0.3, 0.4) is 0 Å². The van der Waals surface area contributed by atoms with E-state index in [4.69, 9.17) is 38.0 Å². The number of amides is 1. The van der Waals surface area contributed by atoms with Crippen molar-refractivity contribution in [1.82, 2.24) is 19.7 Å². The van der Waals surface area contributed by atoms with Crippen LogP contribution in [-0.2, 0) is 22.6 Å². The molecule has 3 aliphatic heterocycles. The van der Waals surface area contributed by atoms with E-state index in [0.717, 1.165) is 93.5 Å². The quantitative estimate of drug-likeness (QED) is 0.431. The number of aromatic nitrogens is 1. The van der Waals surface area contributed by atoms with Crippen molar-refractivity contribution >= 4 is 40.6 Å². The molecule has 0 aliphatic carbocycles. The zero-order valence-electron chi connectivity index (χ0n) is 21.9. The first-order valence-corrected chi connectivity index (χ1v) is 14.3. The van der Waals surface area contributed by atoms with Gasteiger partial charge >= 0.3 is 0 Å². The fourth-order valence-electron chi connectivity index (χ4n) is 5.55. The van der Waals surface area contributed by atoms with Crippen LogP contribution in [0.1, 0.15) is 27.5 Å². The third kappa shape index (κ3) is 5.99. The highest BCUT2D eigenvalue weighted by molar-refractivity contribution is 7.71. The first kappa shape index (κ1) is 26.7. The number of morpholine rings is 2. The van der Waals surface area contributed by atoms with Gasteiger partial charge < -0.3 is 24.1 Å². The minimum atomic E-state index is -0.183. The number of hydrogen-bond donors (Lipinski definition) is 1. The van der Waals surface area contributed by atoms with Crippen LogP contribution in [0.5, 0.6) is 5.75 Å². The molecule has 1 atom stereocenters. The Morgan fingerprint density at radius 2 is 1.67 bits per heavy atom. The van der Waals surface area contributed by atoms with Crippen molar-refractivity contribution < 1.29 is 19.0 Å². The van der Waals surface area contributed by atoms with Gasteiger partial charge in [0.15, 0.2) is 0 Å². The Bertz CT molecular complexity index is 1400. The van der Waals surface area contributed by atoms with Gasteiger partial charge in [-0.1, -0.05) is 36.0 Å². The summed E-state index contributed by atoms with van der Waals surface area (Å²) in [6.07, 6.45) is 1.93. The summed E-state index contributed by atoms with van der Waals surface area (Å²) in [5.41, 5.74) is 3.57. The Morgan fingerprint density at radius 1 is 0.974 bits per heavy atom. The maximum absolute atomic E-state index is 13.5. The number of hydrogen-bond acceptors (Lipinski definition) is 7. The molecule has 2 fully saturated rings. The molecule has 0 saturated carbocycles. The number of pyridine rings is 1. The molecular formula is C29H33ClN4O4S. The second-order valence-electron chi connectivity index (χ2n) is 10.3. The molecule has 2 saturated heterocycles. The van der Waals surface area contributed by atoms with Crippen molar-refractivity contribution in [2.24, 2.45) is 0 Å². The summed E-state index contributed by atoms with van der Waals surface area (Å²) in [5, 5.41) is 4.61. The lowest BCUT2D eigenvalue weighted by atomic mass is 10.0. The molecule has 0 bridgehead atoms. The van der Waals surface area contributed by atoms with Gasteiger partial charge in [-0.25, -0.2) is 0 Å². The lowest BCUT2D eigenvalue weighted by molar-refractivity contribution is 0.0272. The molecule has 3 aliphatic rings. The van der Waals surface area contributed by atoms with E-state index in [-0.39, 0.29) is 11.9 Å². The normalized spacial score (nSPS) is 20.1. The van der Waals surface area contributed by atoms with Gasteiger partial charge in [-0.3, -0.25) is 14.6 Å². The van der Waals surface area contributed by atoms with Crippen molar-refractivity contribution in [1.29, 1.82) is 0 Å². The maximum Gasteiger partial charge on any atom is 0.254 e. The average molecular weight is 569 g/mol. The number of nitrogens with one attached hydrogen (secondary N) is 1. The fraction of sp³-hybridized carbons (Fsp3) is 0.448. The van der Waals surface area contributed by atoms with Crippen molar-refractivity contribution in [3.63, 3.8) is 0 Å². The molecule has 1 unspecified atom stereocenters. The third-order valence-corrected chi connectivity index (χ3v) is 8.36. The Balaban J connectivity index is 1.36. The van der Waals surface area contributed by atoms with Crippen molar-refractivity contribution in [2.75, 3.05) is 65.8 Å². The molecule has 206 valence electrons. The molecule has 1 amide bonds. The maximum atomic E-state index is 13.5. The highest BCUT2D eigenvalue weighted by Gasteiger charge is 2.28. The molecule has 1 aromatic heterocycles. The highest BCUT2D eigenvalue weighted by atomic mass is 35.5. The molecule has 1 N–H and O–H groups in total. The standard InChI is InChI=1S/C29H33ClN4O4S/c30-22-3-1-20(2-4-22)15-31-29(35)25-18-34-23(17-33-7-11-37-12-8-33)19-38-26-14-21(13-24(27(26)34)28(25)39)16-32-5-9-36-10-6-32/h1-4,13-14,18,23H,5-12,15-17,19H2,(H,31,35). The van der Waals surface area contributed by atoms with E-state index in [9.17, 15) is 4.79 Å². The first-order chi connectivity index (χ1) is 19.0. The zero-order valence-corrected chi connectivity index (χ0v) is 23.4. The van der Waals surface area contributed by atoms with Crippen LogP contribution < -0.4 is 10.1 Å².